The summed E-state index contributed by atoms with van der Waals surface area (Å²) in [5, 5.41) is 2.37. The molecule has 1 N–H and O–H groups in total. The molecule has 120 valence electrons. The Labute approximate surface area is 133 Å². The van der Waals surface area contributed by atoms with Crippen molar-refractivity contribution < 1.29 is 23.5 Å². The molecule has 0 heterocycles. The van der Waals surface area contributed by atoms with Gasteiger partial charge in [-0.1, -0.05) is 18.2 Å². The summed E-state index contributed by atoms with van der Waals surface area (Å²) >= 11 is 0. The van der Waals surface area contributed by atoms with Gasteiger partial charge in [0.1, 0.15) is 11.6 Å². The zero-order chi connectivity index (χ0) is 16.8. The van der Waals surface area contributed by atoms with Crippen molar-refractivity contribution in [3.05, 3.63) is 59.9 Å². The van der Waals surface area contributed by atoms with Crippen molar-refractivity contribution in [1.29, 1.82) is 0 Å². The van der Waals surface area contributed by atoms with Crippen LogP contribution < -0.4 is 10.1 Å². The van der Waals surface area contributed by atoms with E-state index < -0.39 is 23.8 Å². The highest BCUT2D eigenvalue weighted by Gasteiger charge is 2.20. The first-order valence-electron chi connectivity index (χ1n) is 6.91. The van der Waals surface area contributed by atoms with Crippen LogP contribution in [0, 0.1) is 5.82 Å². The highest BCUT2D eigenvalue weighted by atomic mass is 19.1. The molecule has 6 heteroatoms. The fourth-order valence-electron chi connectivity index (χ4n) is 1.83. The molecule has 0 fully saturated rings. The van der Waals surface area contributed by atoms with Crippen LogP contribution in [0.15, 0.2) is 48.5 Å². The van der Waals surface area contributed by atoms with Crippen molar-refractivity contribution in [3.8, 4) is 5.75 Å². The first-order valence-corrected chi connectivity index (χ1v) is 6.91. The molecule has 1 amide bonds. The second-order valence-corrected chi connectivity index (χ2v) is 4.75. The second-order valence-electron chi connectivity index (χ2n) is 4.75. The molecule has 0 aliphatic carbocycles. The quantitative estimate of drug-likeness (QED) is 0.861. The van der Waals surface area contributed by atoms with Crippen molar-refractivity contribution in [2.75, 3.05) is 12.4 Å². The third kappa shape index (κ3) is 4.29. The molecule has 2 aromatic carbocycles. The standard InChI is InChI=1S/C17H16FNO4/c1-11(16(20)19-15-9-4-3-8-14(15)18)23-17(21)12-6-5-7-13(10-12)22-2/h3-11H,1-2H3,(H,19,20)/t11-/m1/s1. The predicted octanol–water partition coefficient (Wildman–Crippen LogP) is 3.02. The topological polar surface area (TPSA) is 64.6 Å². The van der Waals surface area contributed by atoms with E-state index in [0.717, 1.165) is 0 Å². The second kappa shape index (κ2) is 7.40. The van der Waals surface area contributed by atoms with Crippen LogP contribution in [-0.2, 0) is 9.53 Å². The van der Waals surface area contributed by atoms with Crippen LogP contribution in [0.5, 0.6) is 5.75 Å². The van der Waals surface area contributed by atoms with Gasteiger partial charge in [0.2, 0.25) is 0 Å². The van der Waals surface area contributed by atoms with Crippen molar-refractivity contribution in [2.24, 2.45) is 0 Å². The Hall–Kier alpha value is -2.89. The number of methoxy groups -OCH3 is 1. The number of hydrogen-bond donors (Lipinski definition) is 1. The van der Waals surface area contributed by atoms with Gasteiger partial charge in [-0.2, -0.15) is 0 Å². The number of halogens is 1. The van der Waals surface area contributed by atoms with Crippen molar-refractivity contribution in [3.63, 3.8) is 0 Å². The lowest BCUT2D eigenvalue weighted by atomic mass is 10.2. The fraction of sp³-hybridized carbons (Fsp3) is 0.176. The van der Waals surface area contributed by atoms with Crippen LogP contribution in [0.3, 0.4) is 0 Å². The number of carbonyl (C=O) groups excluding carboxylic acids is 2. The number of hydrogen-bond acceptors (Lipinski definition) is 4. The Balaban J connectivity index is 2.00. The average molecular weight is 317 g/mol. The van der Waals surface area contributed by atoms with E-state index in [9.17, 15) is 14.0 Å². The minimum Gasteiger partial charge on any atom is -0.497 e. The van der Waals surface area contributed by atoms with Crippen molar-refractivity contribution >= 4 is 17.6 Å². The smallest absolute Gasteiger partial charge is 0.339 e. The zero-order valence-electron chi connectivity index (χ0n) is 12.7. The summed E-state index contributed by atoms with van der Waals surface area (Å²) in [5.41, 5.74) is 0.289. The largest absolute Gasteiger partial charge is 0.497 e. The molecule has 0 aliphatic rings. The lowest BCUT2D eigenvalue weighted by Gasteiger charge is -2.14. The van der Waals surface area contributed by atoms with Crippen LogP contribution in [0.25, 0.3) is 0 Å². The summed E-state index contributed by atoms with van der Waals surface area (Å²) in [7, 11) is 1.48. The van der Waals surface area contributed by atoms with Crippen molar-refractivity contribution in [2.45, 2.75) is 13.0 Å². The summed E-state index contributed by atoms with van der Waals surface area (Å²) in [4.78, 5) is 24.0. The number of rotatable bonds is 5. The maximum absolute atomic E-state index is 13.5. The molecule has 0 unspecified atom stereocenters. The summed E-state index contributed by atoms with van der Waals surface area (Å²) in [6.07, 6.45) is -1.08. The van der Waals surface area contributed by atoms with Gasteiger partial charge in [0.05, 0.1) is 18.4 Å². The first kappa shape index (κ1) is 16.5. The maximum atomic E-state index is 13.5. The van der Waals surface area contributed by atoms with Crippen LogP contribution in [0.2, 0.25) is 0 Å². The number of amides is 1. The van der Waals surface area contributed by atoms with Gasteiger partial charge in [-0.25, -0.2) is 9.18 Å². The predicted molar refractivity (Wildman–Crippen MR) is 82.9 cm³/mol. The molecule has 0 saturated carbocycles. The van der Waals surface area contributed by atoms with Gasteiger partial charge in [0, 0.05) is 0 Å². The molecule has 0 aliphatic heterocycles. The molecule has 1 atom stereocenters. The highest BCUT2D eigenvalue weighted by molar-refractivity contribution is 5.97. The van der Waals surface area contributed by atoms with E-state index in [0.29, 0.717) is 5.75 Å². The van der Waals surface area contributed by atoms with E-state index in [4.69, 9.17) is 9.47 Å². The lowest BCUT2D eigenvalue weighted by molar-refractivity contribution is -0.123. The van der Waals surface area contributed by atoms with Crippen LogP contribution in [0.4, 0.5) is 10.1 Å². The first-order chi connectivity index (χ1) is 11.0. The van der Waals surface area contributed by atoms with E-state index in [1.165, 1.54) is 38.3 Å². The summed E-state index contributed by atoms with van der Waals surface area (Å²) in [6, 6.07) is 12.1. The highest BCUT2D eigenvalue weighted by Crippen LogP contribution is 2.15. The Morgan fingerprint density at radius 2 is 1.87 bits per heavy atom. The molecule has 0 aromatic heterocycles. The van der Waals surface area contributed by atoms with E-state index in [2.05, 4.69) is 5.32 Å². The van der Waals surface area contributed by atoms with Gasteiger partial charge >= 0.3 is 5.97 Å². The number of nitrogens with one attached hydrogen (secondary N) is 1. The van der Waals surface area contributed by atoms with Crippen LogP contribution >= 0.6 is 0 Å². The van der Waals surface area contributed by atoms with Crippen LogP contribution in [-0.4, -0.2) is 25.1 Å². The summed E-state index contributed by atoms with van der Waals surface area (Å²) in [6.45, 7) is 1.41. The van der Waals surface area contributed by atoms with Gasteiger partial charge < -0.3 is 14.8 Å². The van der Waals surface area contributed by atoms with Crippen LogP contribution in [0.1, 0.15) is 17.3 Å². The van der Waals surface area contributed by atoms with Gasteiger partial charge in [0.15, 0.2) is 6.10 Å². The Morgan fingerprint density at radius 1 is 1.13 bits per heavy atom. The minimum atomic E-state index is -1.08. The lowest BCUT2D eigenvalue weighted by Crippen LogP contribution is -2.30. The number of carbonyl (C=O) groups is 2. The molecular weight excluding hydrogens is 301 g/mol. The Kier molecular flexibility index (Phi) is 5.30. The maximum Gasteiger partial charge on any atom is 0.339 e. The summed E-state index contributed by atoms with van der Waals surface area (Å²) < 4.78 is 23.6. The van der Waals surface area contributed by atoms with Gasteiger partial charge in [0.25, 0.3) is 5.91 Å². The third-order valence-corrected chi connectivity index (χ3v) is 3.09. The van der Waals surface area contributed by atoms with Crippen molar-refractivity contribution in [1.82, 2.24) is 0 Å². The fourth-order valence-corrected chi connectivity index (χ4v) is 1.83. The molecular formula is C17H16FNO4. The normalized spacial score (nSPS) is 11.4. The molecule has 2 rings (SSSR count). The number of ether oxygens (including phenoxy) is 2. The van der Waals surface area contributed by atoms with E-state index >= 15 is 0 Å². The van der Waals surface area contributed by atoms with Gasteiger partial charge in [-0.3, -0.25) is 4.79 Å². The molecule has 0 saturated heterocycles. The minimum absolute atomic E-state index is 0.0294. The number of para-hydroxylation sites is 1. The molecule has 0 bridgehead atoms. The van der Waals surface area contributed by atoms with Gasteiger partial charge in [-0.15, -0.1) is 0 Å². The molecule has 5 nitrogen and oxygen atoms in total. The van der Waals surface area contributed by atoms with E-state index in [-0.39, 0.29) is 11.3 Å². The Bertz CT molecular complexity index is 717. The SMILES string of the molecule is COc1cccc(C(=O)O[C@H](C)C(=O)Nc2ccccc2F)c1. The molecule has 0 radical (unpaired) electrons. The van der Waals surface area contributed by atoms with E-state index in [1.807, 2.05) is 0 Å². The zero-order valence-corrected chi connectivity index (χ0v) is 12.7. The number of anilines is 1. The number of esters is 1. The van der Waals surface area contributed by atoms with Gasteiger partial charge in [-0.05, 0) is 37.3 Å². The third-order valence-electron chi connectivity index (χ3n) is 3.09. The molecule has 23 heavy (non-hydrogen) atoms. The molecule has 0 spiro atoms. The Morgan fingerprint density at radius 3 is 2.57 bits per heavy atom. The molecule has 2 aromatic rings. The van der Waals surface area contributed by atoms with E-state index in [1.54, 1.807) is 24.3 Å². The average Bonchev–Trinajstić information content (AvgIpc) is 2.56. The monoisotopic (exact) mass is 317 g/mol. The number of benzene rings is 2. The summed E-state index contributed by atoms with van der Waals surface area (Å²) in [5.74, 6) is -1.35.